The number of esters is 1. The zero-order valence-corrected chi connectivity index (χ0v) is 10.7. The van der Waals surface area contributed by atoms with Crippen molar-refractivity contribution < 1.29 is 9.53 Å². The summed E-state index contributed by atoms with van der Waals surface area (Å²) in [6.07, 6.45) is 2.85. The first kappa shape index (κ1) is 12.9. The predicted octanol–water partition coefficient (Wildman–Crippen LogP) is 2.50. The Kier molecular flexibility index (Phi) is 5.81. The van der Waals surface area contributed by atoms with Crippen molar-refractivity contribution in [2.24, 2.45) is 0 Å². The molecular formula is C13H17O2P. The van der Waals surface area contributed by atoms with E-state index in [1.165, 1.54) is 5.30 Å². The molecule has 0 bridgehead atoms. The average molecular weight is 236 g/mol. The van der Waals surface area contributed by atoms with Crippen LogP contribution in [0.1, 0.15) is 13.8 Å². The summed E-state index contributed by atoms with van der Waals surface area (Å²) in [4.78, 5) is 11.3. The predicted molar refractivity (Wildman–Crippen MR) is 69.6 cm³/mol. The Morgan fingerprint density at radius 3 is 2.69 bits per heavy atom. The van der Waals surface area contributed by atoms with E-state index in [2.05, 4.69) is 12.1 Å². The highest BCUT2D eigenvalue weighted by molar-refractivity contribution is 7.47. The maximum atomic E-state index is 11.3. The zero-order chi connectivity index (χ0) is 11.8. The van der Waals surface area contributed by atoms with Gasteiger partial charge in [0.1, 0.15) is 0 Å². The third kappa shape index (κ3) is 4.59. The Morgan fingerprint density at radius 1 is 1.38 bits per heavy atom. The van der Waals surface area contributed by atoms with Crippen LogP contribution in [0.15, 0.2) is 42.0 Å². The second-order valence-corrected chi connectivity index (χ2v) is 4.69. The van der Waals surface area contributed by atoms with Crippen LogP contribution in [-0.4, -0.2) is 18.7 Å². The normalized spacial score (nSPS) is 12.0. The topological polar surface area (TPSA) is 26.3 Å². The number of hydrogen-bond acceptors (Lipinski definition) is 2. The molecule has 1 aromatic carbocycles. The minimum atomic E-state index is -0.208. The van der Waals surface area contributed by atoms with E-state index in [0.29, 0.717) is 20.8 Å². The monoisotopic (exact) mass is 236 g/mol. The van der Waals surface area contributed by atoms with Crippen LogP contribution in [0.25, 0.3) is 0 Å². The fraction of sp³-hybridized carbons (Fsp3) is 0.308. The molecule has 0 fully saturated rings. The highest BCUT2D eigenvalue weighted by Crippen LogP contribution is 2.11. The molecule has 1 aromatic rings. The zero-order valence-electron chi connectivity index (χ0n) is 9.69. The summed E-state index contributed by atoms with van der Waals surface area (Å²) in [6.45, 7) is 4.05. The van der Waals surface area contributed by atoms with Gasteiger partial charge in [-0.3, -0.25) is 0 Å². The van der Waals surface area contributed by atoms with E-state index in [-0.39, 0.29) is 5.97 Å². The van der Waals surface area contributed by atoms with Crippen LogP contribution in [0.2, 0.25) is 0 Å². The van der Waals surface area contributed by atoms with Gasteiger partial charge < -0.3 is 4.74 Å². The van der Waals surface area contributed by atoms with Crippen molar-refractivity contribution in [3.63, 3.8) is 0 Å². The van der Waals surface area contributed by atoms with Crippen molar-refractivity contribution in [2.75, 3.05) is 12.8 Å². The molecule has 1 rings (SSSR count). The van der Waals surface area contributed by atoms with Gasteiger partial charge in [-0.1, -0.05) is 45.0 Å². The first-order chi connectivity index (χ1) is 7.74. The van der Waals surface area contributed by atoms with Crippen LogP contribution in [0.3, 0.4) is 0 Å². The van der Waals surface area contributed by atoms with Gasteiger partial charge in [0.25, 0.3) is 0 Å². The number of carbonyl (C=O) groups excluding carboxylic acids is 1. The number of allylic oxidation sites excluding steroid dienone is 1. The third-order valence-electron chi connectivity index (χ3n) is 2.09. The lowest BCUT2D eigenvalue weighted by Crippen LogP contribution is -2.05. The van der Waals surface area contributed by atoms with Crippen LogP contribution >= 0.6 is 8.58 Å². The molecular weight excluding hydrogens is 219 g/mol. The number of hydrogen-bond donors (Lipinski definition) is 0. The van der Waals surface area contributed by atoms with Crippen molar-refractivity contribution in [1.82, 2.24) is 0 Å². The Hall–Kier alpha value is -1.14. The maximum Gasteiger partial charge on any atom is 0.333 e. The largest absolute Gasteiger partial charge is 0.463 e. The van der Waals surface area contributed by atoms with E-state index in [4.69, 9.17) is 4.74 Å². The lowest BCUT2D eigenvalue weighted by molar-refractivity contribution is -0.138. The lowest BCUT2D eigenvalue weighted by atomic mass is 10.3. The number of rotatable bonds is 5. The maximum absolute atomic E-state index is 11.3. The quantitative estimate of drug-likeness (QED) is 0.446. The highest BCUT2D eigenvalue weighted by atomic mass is 31.1. The van der Waals surface area contributed by atoms with E-state index < -0.39 is 0 Å². The van der Waals surface area contributed by atoms with Gasteiger partial charge in [0.05, 0.1) is 6.61 Å². The average Bonchev–Trinajstić information content (AvgIpc) is 2.30. The van der Waals surface area contributed by atoms with Crippen molar-refractivity contribution in [1.29, 1.82) is 0 Å². The molecule has 1 atom stereocenters. The Morgan fingerprint density at radius 2 is 2.06 bits per heavy atom. The van der Waals surface area contributed by atoms with Crippen LogP contribution in [-0.2, 0) is 9.53 Å². The molecule has 0 aromatic heterocycles. The van der Waals surface area contributed by atoms with E-state index in [1.807, 2.05) is 31.2 Å². The molecule has 0 aliphatic heterocycles. The number of ether oxygens (including phenoxy) is 1. The first-order valence-corrected chi connectivity index (χ1v) is 6.57. The molecule has 86 valence electrons. The fourth-order valence-corrected chi connectivity index (χ4v) is 2.28. The SMILES string of the molecule is CCOC(=O)/C(C)=C/CPc1ccccc1. The molecule has 1 unspecified atom stereocenters. The molecule has 0 radical (unpaired) electrons. The molecule has 0 aliphatic rings. The fourth-order valence-electron chi connectivity index (χ4n) is 1.21. The molecule has 2 nitrogen and oxygen atoms in total. The molecule has 0 spiro atoms. The van der Waals surface area contributed by atoms with E-state index in [1.54, 1.807) is 6.92 Å². The Bertz CT molecular complexity index is 357. The van der Waals surface area contributed by atoms with Crippen molar-refractivity contribution in [3.8, 4) is 0 Å². The van der Waals surface area contributed by atoms with Gasteiger partial charge in [-0.05, 0) is 25.3 Å². The first-order valence-electron chi connectivity index (χ1n) is 5.37. The number of carbonyl (C=O) groups is 1. The molecule has 0 heterocycles. The van der Waals surface area contributed by atoms with Gasteiger partial charge in [-0.15, -0.1) is 0 Å². The van der Waals surface area contributed by atoms with Crippen molar-refractivity contribution in [3.05, 3.63) is 42.0 Å². The number of benzene rings is 1. The molecule has 0 saturated heterocycles. The summed E-state index contributed by atoms with van der Waals surface area (Å²) >= 11 is 0. The van der Waals surface area contributed by atoms with Crippen LogP contribution in [0, 0.1) is 0 Å². The smallest absolute Gasteiger partial charge is 0.333 e. The minimum Gasteiger partial charge on any atom is -0.463 e. The summed E-state index contributed by atoms with van der Waals surface area (Å²) in [7, 11) is 0.708. The highest BCUT2D eigenvalue weighted by Gasteiger charge is 2.02. The molecule has 0 saturated carbocycles. The van der Waals surface area contributed by atoms with Gasteiger partial charge in [0.2, 0.25) is 0 Å². The lowest BCUT2D eigenvalue weighted by Gasteiger charge is -2.02. The van der Waals surface area contributed by atoms with E-state index in [0.717, 1.165) is 6.16 Å². The standard InChI is InChI=1S/C13H17O2P/c1-3-15-13(14)11(2)9-10-16-12-7-5-4-6-8-12/h4-9,16H,3,10H2,1-2H3/b11-9+. The molecule has 0 aliphatic carbocycles. The second kappa shape index (κ2) is 7.19. The van der Waals surface area contributed by atoms with Gasteiger partial charge in [-0.2, -0.15) is 0 Å². The Balaban J connectivity index is 2.39. The van der Waals surface area contributed by atoms with Crippen LogP contribution < -0.4 is 5.30 Å². The molecule has 16 heavy (non-hydrogen) atoms. The third-order valence-corrected chi connectivity index (χ3v) is 3.24. The van der Waals surface area contributed by atoms with E-state index in [9.17, 15) is 4.79 Å². The van der Waals surface area contributed by atoms with Crippen LogP contribution in [0.5, 0.6) is 0 Å². The second-order valence-electron chi connectivity index (χ2n) is 3.35. The van der Waals surface area contributed by atoms with Gasteiger partial charge in [-0.25, -0.2) is 4.79 Å². The molecule has 3 heteroatoms. The van der Waals surface area contributed by atoms with E-state index >= 15 is 0 Å². The minimum absolute atomic E-state index is 0.208. The van der Waals surface area contributed by atoms with Gasteiger partial charge in [0, 0.05) is 5.57 Å². The summed E-state index contributed by atoms with van der Waals surface area (Å²) < 4.78 is 4.90. The van der Waals surface area contributed by atoms with Crippen molar-refractivity contribution in [2.45, 2.75) is 13.8 Å². The summed E-state index contributed by atoms with van der Waals surface area (Å²) in [5, 5.41) is 1.32. The summed E-state index contributed by atoms with van der Waals surface area (Å²) in [5.41, 5.74) is 0.699. The molecule has 0 amide bonds. The van der Waals surface area contributed by atoms with Gasteiger partial charge in [0.15, 0.2) is 0 Å². The summed E-state index contributed by atoms with van der Waals surface area (Å²) in [5.74, 6) is -0.208. The van der Waals surface area contributed by atoms with Crippen molar-refractivity contribution >= 4 is 19.9 Å². The van der Waals surface area contributed by atoms with Gasteiger partial charge >= 0.3 is 5.97 Å². The summed E-state index contributed by atoms with van der Waals surface area (Å²) in [6, 6.07) is 10.3. The Labute approximate surface area is 98.5 Å². The molecule has 0 N–H and O–H groups in total. The van der Waals surface area contributed by atoms with Crippen LogP contribution in [0.4, 0.5) is 0 Å².